The smallest absolute Gasteiger partial charge is 0.125 e. The van der Waals surface area contributed by atoms with Crippen molar-refractivity contribution in [2.45, 2.75) is 77.4 Å². The second-order valence-corrected chi connectivity index (χ2v) is 10.8. The van der Waals surface area contributed by atoms with Gasteiger partial charge >= 0.3 is 0 Å². The highest BCUT2D eigenvalue weighted by molar-refractivity contribution is 5.37. The van der Waals surface area contributed by atoms with Crippen molar-refractivity contribution in [2.75, 3.05) is 0 Å². The number of fused-ring (bicyclic) bond motifs is 5. The second-order valence-electron chi connectivity index (χ2n) is 10.8. The van der Waals surface area contributed by atoms with Crippen LogP contribution in [0.2, 0.25) is 0 Å². The Kier molecular flexibility index (Phi) is 4.39. The molecule has 156 valence electrons. The predicted molar refractivity (Wildman–Crippen MR) is 115 cm³/mol. The Morgan fingerprint density at radius 3 is 2.59 bits per heavy atom. The molecule has 2 unspecified atom stereocenters. The van der Waals surface area contributed by atoms with Gasteiger partial charge < -0.3 is 10.2 Å². The molecule has 2 fully saturated rings. The molecule has 0 radical (unpaired) electrons. The van der Waals surface area contributed by atoms with E-state index in [0.29, 0.717) is 17.8 Å². The van der Waals surface area contributed by atoms with Gasteiger partial charge in [0.25, 0.3) is 0 Å². The summed E-state index contributed by atoms with van der Waals surface area (Å²) in [7, 11) is 0. The van der Waals surface area contributed by atoms with Crippen LogP contribution in [-0.4, -0.2) is 21.3 Å². The van der Waals surface area contributed by atoms with Crippen LogP contribution in [0.3, 0.4) is 0 Å². The maximum Gasteiger partial charge on any atom is 0.125 e. The average Bonchev–Trinajstić information content (AvgIpc) is 3.07. The van der Waals surface area contributed by atoms with E-state index in [-0.39, 0.29) is 16.9 Å². The minimum atomic E-state index is -1.01. The summed E-state index contributed by atoms with van der Waals surface area (Å²) in [5.74, 6) is 1.97. The highest BCUT2D eigenvalue weighted by Gasteiger charge is 2.58. The zero-order valence-electron chi connectivity index (χ0n) is 18.1. The van der Waals surface area contributed by atoms with Crippen molar-refractivity contribution in [3.63, 3.8) is 0 Å². The minimum absolute atomic E-state index is 0.0398. The van der Waals surface area contributed by atoms with Gasteiger partial charge in [0.2, 0.25) is 0 Å². The van der Waals surface area contributed by atoms with Crippen LogP contribution in [0.4, 0.5) is 0 Å². The Bertz CT molecular complexity index is 857. The Morgan fingerprint density at radius 1 is 1.03 bits per heavy atom. The molecule has 2 N–H and O–H groups in total. The van der Waals surface area contributed by atoms with Gasteiger partial charge in [-0.15, -0.1) is 0 Å². The summed E-state index contributed by atoms with van der Waals surface area (Å²) in [4.78, 5) is 4.49. The molecule has 0 saturated heterocycles. The molecule has 0 bridgehead atoms. The molecular formula is C26H35NO2. The fourth-order valence-corrected chi connectivity index (χ4v) is 7.75. The first-order chi connectivity index (χ1) is 13.8. The normalized spacial score (nSPS) is 43.3. The van der Waals surface area contributed by atoms with Crippen LogP contribution in [0.15, 0.2) is 47.7 Å². The zero-order valence-corrected chi connectivity index (χ0v) is 18.1. The van der Waals surface area contributed by atoms with Crippen LogP contribution in [0, 0.1) is 28.6 Å². The average molecular weight is 394 g/mol. The Hall–Kier alpha value is -1.45. The van der Waals surface area contributed by atoms with Crippen LogP contribution >= 0.6 is 0 Å². The fraction of sp³-hybridized carbons (Fsp3) is 0.654. The Morgan fingerprint density at radius 2 is 1.83 bits per heavy atom. The van der Waals surface area contributed by atoms with Gasteiger partial charge in [0.05, 0.1) is 11.8 Å². The van der Waals surface area contributed by atoms with Crippen molar-refractivity contribution in [3.8, 4) is 0 Å². The lowest BCUT2D eigenvalue weighted by Gasteiger charge is -2.58. The monoisotopic (exact) mass is 393 g/mol. The van der Waals surface area contributed by atoms with E-state index in [9.17, 15) is 10.2 Å². The molecule has 0 aliphatic heterocycles. The standard InChI is InChI=1S/C26H35NO2/c1-24-13-11-18(28)16-17(24)7-8-19-20-9-10-22(25(20,2)14-12-21(19)24)26(3,29)23-6-4-5-15-27-23/h4-7,10,15,18-21,28-29H,8-9,11-14,16H2,1-3H3/t18?,19-,20-,21-,24-,25-,26?/m0/s1. The third-order valence-electron chi connectivity index (χ3n) is 9.35. The number of aliphatic hydroxyl groups excluding tert-OH is 1. The minimum Gasteiger partial charge on any atom is -0.393 e. The zero-order chi connectivity index (χ0) is 20.4. The SMILES string of the molecule is CC(O)(C1=CC[C@H]2[C@@H]3CC=C4CC(O)CC[C@]4(C)[C@H]3CC[C@]12C)c1ccccn1. The molecule has 4 aliphatic carbocycles. The largest absolute Gasteiger partial charge is 0.393 e. The van der Waals surface area contributed by atoms with E-state index >= 15 is 0 Å². The Balaban J connectivity index is 1.47. The molecule has 1 aromatic rings. The molecule has 0 spiro atoms. The van der Waals surface area contributed by atoms with Gasteiger partial charge in [0, 0.05) is 6.20 Å². The van der Waals surface area contributed by atoms with Crippen LogP contribution < -0.4 is 0 Å². The van der Waals surface area contributed by atoms with Crippen molar-refractivity contribution in [1.82, 2.24) is 4.98 Å². The summed E-state index contributed by atoms with van der Waals surface area (Å²) < 4.78 is 0. The van der Waals surface area contributed by atoms with E-state index in [1.807, 2.05) is 25.1 Å². The molecular weight excluding hydrogens is 358 g/mol. The van der Waals surface area contributed by atoms with E-state index < -0.39 is 5.60 Å². The molecule has 5 rings (SSSR count). The second kappa shape index (κ2) is 6.52. The van der Waals surface area contributed by atoms with E-state index in [4.69, 9.17) is 0 Å². The summed E-state index contributed by atoms with van der Waals surface area (Å²) >= 11 is 0. The molecule has 3 heteroatoms. The van der Waals surface area contributed by atoms with Gasteiger partial charge in [-0.3, -0.25) is 4.98 Å². The van der Waals surface area contributed by atoms with Crippen molar-refractivity contribution in [2.24, 2.45) is 28.6 Å². The van der Waals surface area contributed by atoms with E-state index in [2.05, 4.69) is 31.0 Å². The van der Waals surface area contributed by atoms with Gasteiger partial charge in [-0.1, -0.05) is 37.6 Å². The number of aliphatic hydroxyl groups is 2. The highest BCUT2D eigenvalue weighted by atomic mass is 16.3. The van der Waals surface area contributed by atoms with Gasteiger partial charge in [0.15, 0.2) is 0 Å². The maximum absolute atomic E-state index is 11.6. The summed E-state index contributed by atoms with van der Waals surface area (Å²) in [6, 6.07) is 5.83. The predicted octanol–water partition coefficient (Wildman–Crippen LogP) is 5.15. The fourth-order valence-electron chi connectivity index (χ4n) is 7.75. The molecule has 3 nitrogen and oxygen atoms in total. The molecule has 0 amide bonds. The van der Waals surface area contributed by atoms with Gasteiger partial charge in [-0.25, -0.2) is 0 Å². The molecule has 1 heterocycles. The van der Waals surface area contributed by atoms with Crippen LogP contribution in [0.5, 0.6) is 0 Å². The highest BCUT2D eigenvalue weighted by Crippen LogP contribution is 2.66. The van der Waals surface area contributed by atoms with Crippen molar-refractivity contribution < 1.29 is 10.2 Å². The van der Waals surface area contributed by atoms with Gasteiger partial charge in [-0.2, -0.15) is 0 Å². The lowest BCUT2D eigenvalue weighted by molar-refractivity contribution is -0.0431. The number of rotatable bonds is 2. The molecule has 7 atom stereocenters. The number of hydrogen-bond acceptors (Lipinski definition) is 3. The van der Waals surface area contributed by atoms with Crippen molar-refractivity contribution in [3.05, 3.63) is 53.4 Å². The number of aromatic nitrogens is 1. The summed E-state index contributed by atoms with van der Waals surface area (Å²) in [6.07, 6.45) is 13.9. The van der Waals surface area contributed by atoms with E-state index in [1.165, 1.54) is 17.6 Å². The van der Waals surface area contributed by atoms with Crippen molar-refractivity contribution in [1.29, 1.82) is 0 Å². The first-order valence-corrected chi connectivity index (χ1v) is 11.5. The summed E-state index contributed by atoms with van der Waals surface area (Å²) in [5.41, 5.74) is 2.76. The number of pyridine rings is 1. The number of allylic oxidation sites excluding steroid dienone is 2. The van der Waals surface area contributed by atoms with Gasteiger partial charge in [0.1, 0.15) is 5.60 Å². The molecule has 0 aromatic carbocycles. The quantitative estimate of drug-likeness (QED) is 0.683. The molecule has 2 saturated carbocycles. The van der Waals surface area contributed by atoms with Gasteiger partial charge in [-0.05, 0) is 98.2 Å². The molecule has 1 aromatic heterocycles. The number of hydrogen-bond donors (Lipinski definition) is 2. The first kappa shape index (κ1) is 19.5. The van der Waals surface area contributed by atoms with E-state index in [0.717, 1.165) is 44.2 Å². The van der Waals surface area contributed by atoms with E-state index in [1.54, 1.807) is 6.20 Å². The number of nitrogens with zero attached hydrogens (tertiary/aromatic N) is 1. The third-order valence-corrected chi connectivity index (χ3v) is 9.35. The summed E-state index contributed by atoms with van der Waals surface area (Å²) in [5, 5.41) is 21.8. The lowest BCUT2D eigenvalue weighted by atomic mass is 9.47. The third kappa shape index (κ3) is 2.73. The molecule has 4 aliphatic rings. The maximum atomic E-state index is 11.6. The lowest BCUT2D eigenvalue weighted by Crippen LogP contribution is -2.51. The Labute approximate surface area is 175 Å². The summed E-state index contributed by atoms with van der Waals surface area (Å²) in [6.45, 7) is 6.80. The molecule has 29 heavy (non-hydrogen) atoms. The van der Waals surface area contributed by atoms with Crippen molar-refractivity contribution >= 4 is 0 Å². The van der Waals surface area contributed by atoms with Crippen LogP contribution in [0.1, 0.15) is 71.4 Å². The van der Waals surface area contributed by atoms with Crippen LogP contribution in [0.25, 0.3) is 0 Å². The topological polar surface area (TPSA) is 53.4 Å². The van der Waals surface area contributed by atoms with Crippen LogP contribution in [-0.2, 0) is 5.60 Å². The first-order valence-electron chi connectivity index (χ1n) is 11.5.